The lowest BCUT2D eigenvalue weighted by atomic mass is 10.1. The summed E-state index contributed by atoms with van der Waals surface area (Å²) in [5, 5.41) is 4.53. The number of carbonyl (C=O) groups is 1. The molecule has 1 amide bonds. The third-order valence-electron chi connectivity index (χ3n) is 5.29. The van der Waals surface area contributed by atoms with Crippen LogP contribution >= 0.6 is 0 Å². The van der Waals surface area contributed by atoms with E-state index in [0.717, 1.165) is 0 Å². The molecule has 4 heterocycles. The van der Waals surface area contributed by atoms with Crippen LogP contribution in [0, 0.1) is 12.7 Å². The van der Waals surface area contributed by atoms with E-state index in [1.54, 1.807) is 28.6 Å². The van der Waals surface area contributed by atoms with Crippen molar-refractivity contribution in [3.8, 4) is 22.9 Å². The van der Waals surface area contributed by atoms with E-state index in [9.17, 15) is 9.18 Å². The predicted molar refractivity (Wildman–Crippen MR) is 114 cm³/mol. The van der Waals surface area contributed by atoms with Gasteiger partial charge in [0.25, 0.3) is 0 Å². The molecule has 0 bridgehead atoms. The number of methoxy groups -OCH3 is 1. The lowest BCUT2D eigenvalue weighted by Gasteiger charge is -2.31. The standard InChI is InChI=1S/C22H26FN5O4/c1-13(2)31-22(29)27-9-6-15(7-10-27)32-19-5-8-24-21-20(14(3)26-28(19)21)16-12-25-18(30-4)11-17(16)23/h5,8,11-13,15H,6-7,9-10H2,1-4H3. The van der Waals surface area contributed by atoms with Crippen molar-refractivity contribution in [2.24, 2.45) is 0 Å². The van der Waals surface area contributed by atoms with Gasteiger partial charge in [0, 0.05) is 56.0 Å². The number of pyridine rings is 1. The third kappa shape index (κ3) is 4.30. The summed E-state index contributed by atoms with van der Waals surface area (Å²) >= 11 is 0. The minimum atomic E-state index is -0.469. The number of halogens is 1. The largest absolute Gasteiger partial charge is 0.481 e. The molecule has 0 aromatic carbocycles. The van der Waals surface area contributed by atoms with Crippen molar-refractivity contribution in [2.75, 3.05) is 20.2 Å². The third-order valence-corrected chi connectivity index (χ3v) is 5.29. The number of carbonyl (C=O) groups excluding carboxylic acids is 1. The summed E-state index contributed by atoms with van der Waals surface area (Å²) in [6.45, 7) is 6.55. The summed E-state index contributed by atoms with van der Waals surface area (Å²) in [4.78, 5) is 22.3. The Kier molecular flexibility index (Phi) is 6.11. The molecule has 0 saturated carbocycles. The first-order valence-corrected chi connectivity index (χ1v) is 10.5. The molecule has 1 aliphatic heterocycles. The Morgan fingerprint density at radius 2 is 2.00 bits per heavy atom. The van der Waals surface area contributed by atoms with Gasteiger partial charge in [0.1, 0.15) is 11.9 Å². The molecule has 3 aromatic rings. The molecule has 0 atom stereocenters. The highest BCUT2D eigenvalue weighted by molar-refractivity contribution is 5.80. The molecule has 170 valence electrons. The van der Waals surface area contributed by atoms with Crippen molar-refractivity contribution in [2.45, 2.75) is 45.8 Å². The molecule has 9 nitrogen and oxygen atoms in total. The summed E-state index contributed by atoms with van der Waals surface area (Å²) in [7, 11) is 1.44. The van der Waals surface area contributed by atoms with Gasteiger partial charge in [0.2, 0.25) is 11.8 Å². The van der Waals surface area contributed by atoms with Crippen molar-refractivity contribution in [1.29, 1.82) is 0 Å². The highest BCUT2D eigenvalue weighted by atomic mass is 19.1. The normalized spacial score (nSPS) is 14.8. The summed E-state index contributed by atoms with van der Waals surface area (Å²) in [6.07, 6.45) is 3.83. The Hall–Kier alpha value is -3.43. The van der Waals surface area contributed by atoms with Crippen molar-refractivity contribution >= 4 is 11.7 Å². The number of hydrogen-bond donors (Lipinski definition) is 0. The van der Waals surface area contributed by atoms with E-state index in [4.69, 9.17) is 14.2 Å². The van der Waals surface area contributed by atoms with Gasteiger partial charge in [-0.1, -0.05) is 0 Å². The van der Waals surface area contributed by atoms with Crippen molar-refractivity contribution in [1.82, 2.24) is 24.5 Å². The maximum Gasteiger partial charge on any atom is 0.410 e. The summed E-state index contributed by atoms with van der Waals surface area (Å²) in [6, 6.07) is 2.96. The number of piperidine rings is 1. The first-order chi connectivity index (χ1) is 15.4. The van der Waals surface area contributed by atoms with Gasteiger partial charge in [0.05, 0.1) is 24.5 Å². The van der Waals surface area contributed by atoms with E-state index < -0.39 is 5.82 Å². The second-order valence-electron chi connectivity index (χ2n) is 7.92. The highest BCUT2D eigenvalue weighted by Gasteiger charge is 2.27. The van der Waals surface area contributed by atoms with Crippen molar-refractivity contribution in [3.63, 3.8) is 0 Å². The molecule has 0 spiro atoms. The number of amides is 1. The second-order valence-corrected chi connectivity index (χ2v) is 7.92. The molecule has 0 radical (unpaired) electrons. The minimum absolute atomic E-state index is 0.0870. The zero-order valence-corrected chi connectivity index (χ0v) is 18.5. The average Bonchev–Trinajstić information content (AvgIpc) is 3.10. The quantitative estimate of drug-likeness (QED) is 0.595. The van der Waals surface area contributed by atoms with Crippen LogP contribution in [0.2, 0.25) is 0 Å². The fraction of sp³-hybridized carbons (Fsp3) is 0.455. The fourth-order valence-electron chi connectivity index (χ4n) is 3.75. The molecule has 32 heavy (non-hydrogen) atoms. The van der Waals surface area contributed by atoms with Crippen molar-refractivity contribution in [3.05, 3.63) is 36.0 Å². The lowest BCUT2D eigenvalue weighted by molar-refractivity contribution is 0.0502. The Morgan fingerprint density at radius 1 is 1.25 bits per heavy atom. The average molecular weight is 443 g/mol. The summed E-state index contributed by atoms with van der Waals surface area (Å²) in [5.41, 5.74) is 1.92. The van der Waals surface area contributed by atoms with Gasteiger partial charge in [-0.3, -0.25) is 0 Å². The predicted octanol–water partition coefficient (Wildman–Crippen LogP) is 3.64. The molecular weight excluding hydrogens is 417 g/mol. The van der Waals surface area contributed by atoms with Gasteiger partial charge >= 0.3 is 6.09 Å². The topological polar surface area (TPSA) is 91.1 Å². The molecule has 4 rings (SSSR count). The fourth-order valence-corrected chi connectivity index (χ4v) is 3.75. The number of fused-ring (bicyclic) bond motifs is 1. The zero-order valence-electron chi connectivity index (χ0n) is 18.5. The number of hydrogen-bond acceptors (Lipinski definition) is 7. The van der Waals surface area contributed by atoms with E-state index in [2.05, 4.69) is 15.1 Å². The molecule has 0 aliphatic carbocycles. The molecular formula is C22H26FN5O4. The van der Waals surface area contributed by atoms with E-state index in [1.165, 1.54) is 19.4 Å². The van der Waals surface area contributed by atoms with E-state index >= 15 is 0 Å². The molecule has 10 heteroatoms. The molecule has 0 N–H and O–H groups in total. The SMILES string of the molecule is COc1cc(F)c(-c2c(C)nn3c(OC4CCN(C(=O)OC(C)C)CC4)ccnc23)cn1. The van der Waals surface area contributed by atoms with Crippen LogP contribution in [0.4, 0.5) is 9.18 Å². The first-order valence-electron chi connectivity index (χ1n) is 10.5. The number of aryl methyl sites for hydroxylation is 1. The van der Waals surface area contributed by atoms with E-state index in [0.29, 0.717) is 54.3 Å². The lowest BCUT2D eigenvalue weighted by Crippen LogP contribution is -2.42. The first kappa shape index (κ1) is 21.8. The van der Waals surface area contributed by atoms with Crippen LogP contribution in [0.3, 0.4) is 0 Å². The van der Waals surface area contributed by atoms with Gasteiger partial charge < -0.3 is 19.1 Å². The smallest absolute Gasteiger partial charge is 0.410 e. The Morgan fingerprint density at radius 3 is 2.66 bits per heavy atom. The van der Waals surface area contributed by atoms with Crippen LogP contribution in [0.25, 0.3) is 16.8 Å². The van der Waals surface area contributed by atoms with Crippen LogP contribution in [-0.2, 0) is 4.74 Å². The van der Waals surface area contributed by atoms with Gasteiger partial charge in [0.15, 0.2) is 5.65 Å². The van der Waals surface area contributed by atoms with Crippen LogP contribution in [0.1, 0.15) is 32.4 Å². The maximum atomic E-state index is 14.7. The number of likely N-dealkylation sites (tertiary alicyclic amines) is 1. The molecule has 0 unspecified atom stereocenters. The number of nitrogens with zero attached hydrogens (tertiary/aromatic N) is 5. The van der Waals surface area contributed by atoms with Gasteiger partial charge in [-0.15, -0.1) is 0 Å². The second kappa shape index (κ2) is 8.97. The summed E-state index contributed by atoms with van der Waals surface area (Å²) < 4.78 is 32.7. The van der Waals surface area contributed by atoms with Crippen molar-refractivity contribution < 1.29 is 23.4 Å². The maximum absolute atomic E-state index is 14.7. The molecule has 1 aliphatic rings. The van der Waals surface area contributed by atoms with Crippen LogP contribution in [0.15, 0.2) is 24.5 Å². The minimum Gasteiger partial charge on any atom is -0.481 e. The molecule has 1 fully saturated rings. The van der Waals surface area contributed by atoms with Gasteiger partial charge in [-0.05, 0) is 20.8 Å². The monoisotopic (exact) mass is 443 g/mol. The number of ether oxygens (including phenoxy) is 3. The Labute approximate surface area is 185 Å². The van der Waals surface area contributed by atoms with Crippen LogP contribution in [0.5, 0.6) is 11.8 Å². The van der Waals surface area contributed by atoms with Crippen LogP contribution < -0.4 is 9.47 Å². The molecule has 3 aromatic heterocycles. The Bertz CT molecular complexity index is 1120. The summed E-state index contributed by atoms with van der Waals surface area (Å²) in [5.74, 6) is 0.235. The highest BCUT2D eigenvalue weighted by Crippen LogP contribution is 2.32. The van der Waals surface area contributed by atoms with E-state index in [1.807, 2.05) is 13.8 Å². The Balaban J connectivity index is 1.55. The van der Waals surface area contributed by atoms with Gasteiger partial charge in [-0.25, -0.2) is 19.2 Å². The zero-order chi connectivity index (χ0) is 22.8. The van der Waals surface area contributed by atoms with E-state index in [-0.39, 0.29) is 24.2 Å². The number of aromatic nitrogens is 4. The molecule has 1 saturated heterocycles. The van der Waals surface area contributed by atoms with Crippen LogP contribution in [-0.4, -0.2) is 63.0 Å². The number of rotatable bonds is 5. The van der Waals surface area contributed by atoms with Gasteiger partial charge in [-0.2, -0.15) is 9.61 Å².